The van der Waals surface area contributed by atoms with Crippen LogP contribution in [0.15, 0.2) is 56.1 Å². The Balaban J connectivity index is 1.88. The first-order chi connectivity index (χ1) is 12.8. The summed E-state index contributed by atoms with van der Waals surface area (Å²) in [6, 6.07) is 11.0. The van der Waals surface area contributed by atoms with E-state index in [-0.39, 0.29) is 28.7 Å². The van der Waals surface area contributed by atoms with Crippen LogP contribution in [0.5, 0.6) is 0 Å². The fraction of sp³-hybridized carbons (Fsp3) is 0.105. The van der Waals surface area contributed by atoms with Gasteiger partial charge in [0, 0.05) is 40.2 Å². The zero-order chi connectivity index (χ0) is 19.6. The Bertz CT molecular complexity index is 1110. The molecular weight excluding hydrogens is 438 g/mol. The molecule has 2 aromatic carbocycles. The van der Waals surface area contributed by atoms with E-state index in [2.05, 4.69) is 21.2 Å². The first kappa shape index (κ1) is 19.1. The van der Waals surface area contributed by atoms with Crippen molar-refractivity contribution in [2.45, 2.75) is 13.5 Å². The van der Waals surface area contributed by atoms with Gasteiger partial charge in [0.25, 0.3) is 0 Å². The molecule has 0 atom stereocenters. The van der Waals surface area contributed by atoms with E-state index in [0.717, 1.165) is 0 Å². The first-order valence-electron chi connectivity index (χ1n) is 7.80. The van der Waals surface area contributed by atoms with Gasteiger partial charge < -0.3 is 14.5 Å². The molecule has 0 radical (unpaired) electrons. The van der Waals surface area contributed by atoms with Gasteiger partial charge in [0.2, 0.25) is 5.91 Å². The Kier molecular flexibility index (Phi) is 5.62. The molecule has 1 amide bonds. The van der Waals surface area contributed by atoms with Crippen LogP contribution >= 0.6 is 27.5 Å². The molecule has 0 saturated carbocycles. The van der Waals surface area contributed by atoms with E-state index in [1.165, 1.54) is 19.1 Å². The summed E-state index contributed by atoms with van der Waals surface area (Å²) in [6.45, 7) is 1.24. The van der Waals surface area contributed by atoms with Gasteiger partial charge in [0.05, 0.1) is 10.6 Å². The molecule has 0 saturated heterocycles. The van der Waals surface area contributed by atoms with Gasteiger partial charge in [-0.2, -0.15) is 0 Å². The predicted molar refractivity (Wildman–Crippen MR) is 105 cm³/mol. The number of rotatable bonds is 4. The quantitative estimate of drug-likeness (QED) is 0.466. The van der Waals surface area contributed by atoms with Gasteiger partial charge in [-0.25, -0.2) is 9.59 Å². The lowest BCUT2D eigenvalue weighted by atomic mass is 10.1. The van der Waals surface area contributed by atoms with Crippen molar-refractivity contribution < 1.29 is 18.7 Å². The maximum absolute atomic E-state index is 12.3. The molecule has 0 bridgehead atoms. The topological polar surface area (TPSA) is 85.6 Å². The number of amides is 1. The van der Waals surface area contributed by atoms with Gasteiger partial charge in [-0.15, -0.1) is 0 Å². The minimum atomic E-state index is -0.613. The second kappa shape index (κ2) is 7.94. The number of nitrogens with one attached hydrogen (secondary N) is 1. The van der Waals surface area contributed by atoms with Gasteiger partial charge in [-0.05, 0) is 30.3 Å². The summed E-state index contributed by atoms with van der Waals surface area (Å²) >= 11 is 9.31. The van der Waals surface area contributed by atoms with Crippen molar-refractivity contribution in [3.8, 4) is 0 Å². The van der Waals surface area contributed by atoms with E-state index in [4.69, 9.17) is 20.8 Å². The summed E-state index contributed by atoms with van der Waals surface area (Å²) in [5.74, 6) is -0.856. The van der Waals surface area contributed by atoms with Crippen molar-refractivity contribution in [3.63, 3.8) is 0 Å². The third-order valence-corrected chi connectivity index (χ3v) is 4.48. The summed E-state index contributed by atoms with van der Waals surface area (Å²) in [7, 11) is 0. The van der Waals surface area contributed by atoms with Crippen LogP contribution in [0.1, 0.15) is 22.8 Å². The van der Waals surface area contributed by atoms with Gasteiger partial charge in [-0.1, -0.05) is 27.5 Å². The average molecular weight is 451 g/mol. The summed E-state index contributed by atoms with van der Waals surface area (Å²) in [4.78, 5) is 35.3. The highest BCUT2D eigenvalue weighted by atomic mass is 79.9. The molecule has 0 aliphatic heterocycles. The average Bonchev–Trinajstić information content (AvgIpc) is 2.60. The molecule has 1 aromatic heterocycles. The summed E-state index contributed by atoms with van der Waals surface area (Å²) in [5.41, 5.74) is 0.879. The number of fused-ring (bicyclic) bond motifs is 1. The molecule has 27 heavy (non-hydrogen) atoms. The van der Waals surface area contributed by atoms with Crippen molar-refractivity contribution in [1.82, 2.24) is 0 Å². The number of hydrogen-bond donors (Lipinski definition) is 1. The molecule has 0 fully saturated rings. The van der Waals surface area contributed by atoms with Crippen molar-refractivity contribution in [3.05, 3.63) is 73.5 Å². The van der Waals surface area contributed by atoms with Gasteiger partial charge in [-0.3, -0.25) is 4.79 Å². The van der Waals surface area contributed by atoms with Crippen LogP contribution in [0.2, 0.25) is 5.02 Å². The molecule has 1 heterocycles. The summed E-state index contributed by atoms with van der Waals surface area (Å²) in [6.07, 6.45) is 0. The minimum absolute atomic E-state index is 0.136. The molecule has 3 aromatic rings. The third-order valence-electron chi connectivity index (χ3n) is 3.66. The highest BCUT2D eigenvalue weighted by Gasteiger charge is 2.14. The second-order valence-electron chi connectivity index (χ2n) is 5.68. The highest BCUT2D eigenvalue weighted by molar-refractivity contribution is 9.10. The Morgan fingerprint density at radius 2 is 1.96 bits per heavy atom. The number of carbonyl (C=O) groups excluding carboxylic acids is 2. The number of esters is 1. The van der Waals surface area contributed by atoms with Crippen LogP contribution in [0.3, 0.4) is 0 Å². The lowest BCUT2D eigenvalue weighted by Gasteiger charge is -2.09. The van der Waals surface area contributed by atoms with E-state index < -0.39 is 11.6 Å². The summed E-state index contributed by atoms with van der Waals surface area (Å²) in [5, 5.41) is 3.47. The van der Waals surface area contributed by atoms with Crippen LogP contribution in [-0.4, -0.2) is 11.9 Å². The van der Waals surface area contributed by atoms with Gasteiger partial charge in [0.15, 0.2) is 0 Å². The zero-order valence-corrected chi connectivity index (χ0v) is 16.4. The van der Waals surface area contributed by atoms with Crippen LogP contribution < -0.4 is 10.9 Å². The maximum atomic E-state index is 12.3. The Hall–Kier alpha value is -2.64. The largest absolute Gasteiger partial charge is 0.457 e. The highest BCUT2D eigenvalue weighted by Crippen LogP contribution is 2.24. The molecule has 8 heteroatoms. The van der Waals surface area contributed by atoms with Crippen LogP contribution in [0.4, 0.5) is 5.69 Å². The van der Waals surface area contributed by atoms with Crippen molar-refractivity contribution >= 4 is 56.1 Å². The first-order valence-corrected chi connectivity index (χ1v) is 8.97. The number of ether oxygens (including phenoxy) is 1. The zero-order valence-electron chi connectivity index (χ0n) is 14.0. The molecule has 0 aliphatic rings. The van der Waals surface area contributed by atoms with E-state index in [9.17, 15) is 14.4 Å². The second-order valence-corrected chi connectivity index (χ2v) is 7.01. The molecule has 3 rings (SSSR count). The Morgan fingerprint density at radius 3 is 2.70 bits per heavy atom. The molecular formula is C19H13BrClNO5. The Morgan fingerprint density at radius 1 is 1.19 bits per heavy atom. The van der Waals surface area contributed by atoms with E-state index >= 15 is 0 Å². The number of halogens is 2. The lowest BCUT2D eigenvalue weighted by molar-refractivity contribution is -0.114. The minimum Gasteiger partial charge on any atom is -0.457 e. The van der Waals surface area contributed by atoms with E-state index in [1.807, 2.05) is 0 Å². The van der Waals surface area contributed by atoms with Crippen LogP contribution in [-0.2, 0) is 16.1 Å². The molecule has 0 aliphatic carbocycles. The monoisotopic (exact) mass is 449 g/mol. The number of hydrogen-bond acceptors (Lipinski definition) is 5. The molecule has 1 N–H and O–H groups in total. The SMILES string of the molecule is CC(=O)Nc1ccc2c(COC(=O)c3cc(Br)ccc3Cl)cc(=O)oc2c1. The van der Waals surface area contributed by atoms with Gasteiger partial charge >= 0.3 is 11.6 Å². The lowest BCUT2D eigenvalue weighted by Crippen LogP contribution is -2.09. The number of carbonyl (C=O) groups is 2. The summed E-state index contributed by atoms with van der Waals surface area (Å²) < 4.78 is 11.2. The fourth-order valence-electron chi connectivity index (χ4n) is 2.51. The predicted octanol–water partition coefficient (Wildman–Crippen LogP) is 4.52. The molecule has 0 spiro atoms. The Labute approximate surface area is 167 Å². The number of anilines is 1. The normalized spacial score (nSPS) is 10.6. The van der Waals surface area contributed by atoms with Crippen molar-refractivity contribution in [2.24, 2.45) is 0 Å². The fourth-order valence-corrected chi connectivity index (χ4v) is 3.06. The van der Waals surface area contributed by atoms with Crippen LogP contribution in [0.25, 0.3) is 11.0 Å². The van der Waals surface area contributed by atoms with Gasteiger partial charge in [0.1, 0.15) is 12.2 Å². The molecule has 138 valence electrons. The van der Waals surface area contributed by atoms with Crippen molar-refractivity contribution in [2.75, 3.05) is 5.32 Å². The molecule has 0 unspecified atom stereocenters. The molecule has 6 nitrogen and oxygen atoms in total. The van der Waals surface area contributed by atoms with Crippen molar-refractivity contribution in [1.29, 1.82) is 0 Å². The maximum Gasteiger partial charge on any atom is 0.340 e. The number of benzene rings is 2. The third kappa shape index (κ3) is 4.56. The smallest absolute Gasteiger partial charge is 0.340 e. The van der Waals surface area contributed by atoms with Crippen LogP contribution in [0, 0.1) is 0 Å². The van der Waals surface area contributed by atoms with E-state index in [0.29, 0.717) is 21.1 Å². The standard InChI is InChI=1S/C19H13BrClNO5/c1-10(23)22-13-3-4-14-11(6-18(24)27-17(14)8-13)9-26-19(25)15-7-12(20)2-5-16(15)21/h2-8H,9H2,1H3,(H,22,23). The van der Waals surface area contributed by atoms with E-state index in [1.54, 1.807) is 30.3 Å².